The molecule has 3 rings (SSSR count). The summed E-state index contributed by atoms with van der Waals surface area (Å²) in [7, 11) is 0.440. The SMILES string of the molecule is CNC(=O)[C@H]1COC2(CN(Cc3ccc(S(C)(=O)=O)cc3)C2)CN1C. The van der Waals surface area contributed by atoms with Crippen molar-refractivity contribution in [3.63, 3.8) is 0 Å². The summed E-state index contributed by atoms with van der Waals surface area (Å²) in [5.74, 6) is -0.0144. The molecule has 8 heteroatoms. The fourth-order valence-corrected chi connectivity index (χ4v) is 4.24. The third kappa shape index (κ3) is 3.87. The number of amides is 1. The Morgan fingerprint density at radius 3 is 2.44 bits per heavy atom. The first-order chi connectivity index (χ1) is 11.7. The van der Waals surface area contributed by atoms with Crippen molar-refractivity contribution >= 4 is 15.7 Å². The van der Waals surface area contributed by atoms with E-state index in [1.54, 1.807) is 19.2 Å². The number of ether oxygens (including phenoxy) is 1. The van der Waals surface area contributed by atoms with Gasteiger partial charge in [-0.3, -0.25) is 14.6 Å². The normalized spacial score (nSPS) is 24.0. The van der Waals surface area contributed by atoms with Gasteiger partial charge in [-0.2, -0.15) is 0 Å². The summed E-state index contributed by atoms with van der Waals surface area (Å²) in [6.45, 7) is 3.52. The molecule has 7 nitrogen and oxygen atoms in total. The Morgan fingerprint density at radius 2 is 1.92 bits per heavy atom. The second kappa shape index (κ2) is 6.68. The van der Waals surface area contributed by atoms with E-state index in [-0.39, 0.29) is 17.6 Å². The summed E-state index contributed by atoms with van der Waals surface area (Å²) in [6, 6.07) is 6.79. The van der Waals surface area contributed by atoms with Gasteiger partial charge in [0, 0.05) is 39.5 Å². The lowest BCUT2D eigenvalue weighted by atomic mass is 9.90. The van der Waals surface area contributed by atoms with Crippen molar-refractivity contribution in [1.82, 2.24) is 15.1 Å². The molecule has 2 fully saturated rings. The van der Waals surface area contributed by atoms with Crippen LogP contribution in [0.2, 0.25) is 0 Å². The van der Waals surface area contributed by atoms with Gasteiger partial charge in [-0.05, 0) is 24.7 Å². The van der Waals surface area contributed by atoms with Crippen molar-refractivity contribution in [3.05, 3.63) is 29.8 Å². The van der Waals surface area contributed by atoms with Crippen LogP contribution in [0.1, 0.15) is 5.56 Å². The van der Waals surface area contributed by atoms with Crippen LogP contribution >= 0.6 is 0 Å². The Bertz CT molecular complexity index is 742. The Morgan fingerprint density at radius 1 is 1.28 bits per heavy atom. The van der Waals surface area contributed by atoms with Gasteiger partial charge in [0.2, 0.25) is 5.91 Å². The van der Waals surface area contributed by atoms with Crippen LogP contribution in [0, 0.1) is 0 Å². The molecule has 0 bridgehead atoms. The van der Waals surface area contributed by atoms with Gasteiger partial charge in [0.25, 0.3) is 0 Å². The molecule has 1 spiro atoms. The minimum Gasteiger partial charge on any atom is -0.369 e. The van der Waals surface area contributed by atoms with Crippen LogP contribution in [0.5, 0.6) is 0 Å². The number of nitrogens with one attached hydrogen (secondary N) is 1. The number of nitrogens with zero attached hydrogens (tertiary/aromatic N) is 2. The Kier molecular flexibility index (Phi) is 4.89. The fourth-order valence-electron chi connectivity index (χ4n) is 3.61. The van der Waals surface area contributed by atoms with Crippen molar-refractivity contribution < 1.29 is 17.9 Å². The summed E-state index contributed by atoms with van der Waals surface area (Å²) in [6.07, 6.45) is 1.21. The number of benzene rings is 1. The average molecular weight is 367 g/mol. The number of morpholine rings is 1. The molecule has 2 aliphatic rings. The van der Waals surface area contributed by atoms with Gasteiger partial charge < -0.3 is 10.1 Å². The first-order valence-corrected chi connectivity index (χ1v) is 10.2. The Labute approximate surface area is 148 Å². The molecule has 0 aliphatic carbocycles. The van der Waals surface area contributed by atoms with Gasteiger partial charge in [0.05, 0.1) is 11.5 Å². The molecule has 2 saturated heterocycles. The van der Waals surface area contributed by atoms with Crippen molar-refractivity contribution in [1.29, 1.82) is 0 Å². The predicted molar refractivity (Wildman–Crippen MR) is 94.0 cm³/mol. The number of rotatable bonds is 4. The molecule has 1 atom stereocenters. The molecule has 2 heterocycles. The van der Waals surface area contributed by atoms with Crippen molar-refractivity contribution in [2.24, 2.45) is 0 Å². The van der Waals surface area contributed by atoms with Crippen LogP contribution in [-0.2, 0) is 25.9 Å². The highest BCUT2D eigenvalue weighted by Crippen LogP contribution is 2.31. The molecule has 25 heavy (non-hydrogen) atoms. The maximum atomic E-state index is 11.8. The number of carbonyl (C=O) groups is 1. The average Bonchev–Trinajstić information content (AvgIpc) is 2.52. The zero-order valence-corrected chi connectivity index (χ0v) is 15.7. The van der Waals surface area contributed by atoms with Crippen LogP contribution in [-0.4, -0.2) is 82.4 Å². The first kappa shape index (κ1) is 18.3. The second-order valence-electron chi connectivity index (χ2n) is 7.10. The number of likely N-dealkylation sites (tertiary alicyclic amines) is 1. The zero-order valence-electron chi connectivity index (χ0n) is 14.9. The maximum Gasteiger partial charge on any atom is 0.239 e. The third-order valence-corrected chi connectivity index (χ3v) is 6.08. The third-order valence-electron chi connectivity index (χ3n) is 4.95. The lowest BCUT2D eigenvalue weighted by molar-refractivity contribution is -0.198. The van der Waals surface area contributed by atoms with E-state index < -0.39 is 9.84 Å². The van der Waals surface area contributed by atoms with Crippen LogP contribution in [0.3, 0.4) is 0 Å². The molecule has 1 aromatic rings. The summed E-state index contributed by atoms with van der Waals surface area (Å²) < 4.78 is 29.0. The lowest BCUT2D eigenvalue weighted by Crippen LogP contribution is -2.71. The molecule has 0 aromatic heterocycles. The highest BCUT2D eigenvalue weighted by molar-refractivity contribution is 7.90. The highest BCUT2D eigenvalue weighted by atomic mass is 32.2. The molecule has 0 saturated carbocycles. The van der Waals surface area contributed by atoms with Crippen molar-refractivity contribution in [2.45, 2.75) is 23.1 Å². The molecule has 0 radical (unpaired) electrons. The second-order valence-corrected chi connectivity index (χ2v) is 9.12. The predicted octanol–water partition coefficient (Wildman–Crippen LogP) is -0.279. The Hall–Kier alpha value is -1.48. The van der Waals surface area contributed by atoms with Crippen LogP contribution in [0.15, 0.2) is 29.2 Å². The molecular weight excluding hydrogens is 342 g/mol. The van der Waals surface area contributed by atoms with Crippen LogP contribution < -0.4 is 5.32 Å². The van der Waals surface area contributed by atoms with Gasteiger partial charge in [-0.15, -0.1) is 0 Å². The molecule has 2 aliphatic heterocycles. The van der Waals surface area contributed by atoms with Crippen molar-refractivity contribution in [3.8, 4) is 0 Å². The largest absolute Gasteiger partial charge is 0.369 e. The van der Waals surface area contributed by atoms with Crippen LogP contribution in [0.4, 0.5) is 0 Å². The van der Waals surface area contributed by atoms with Gasteiger partial charge in [0.1, 0.15) is 11.6 Å². The molecule has 138 valence electrons. The van der Waals surface area contributed by atoms with Gasteiger partial charge in [-0.1, -0.05) is 12.1 Å². The van der Waals surface area contributed by atoms with Gasteiger partial charge >= 0.3 is 0 Å². The monoisotopic (exact) mass is 367 g/mol. The first-order valence-electron chi connectivity index (χ1n) is 8.30. The lowest BCUT2D eigenvalue weighted by Gasteiger charge is -2.55. The van der Waals surface area contributed by atoms with E-state index in [9.17, 15) is 13.2 Å². The molecular formula is C17H25N3O4S. The molecule has 1 amide bonds. The maximum absolute atomic E-state index is 11.8. The number of hydrogen-bond acceptors (Lipinski definition) is 6. The minimum absolute atomic E-state index is 0.0144. The topological polar surface area (TPSA) is 79.0 Å². The van der Waals surface area contributed by atoms with E-state index in [1.807, 2.05) is 19.2 Å². The highest BCUT2D eigenvalue weighted by Gasteiger charge is 2.49. The summed E-state index contributed by atoms with van der Waals surface area (Å²) in [5.41, 5.74) is 0.876. The van der Waals surface area contributed by atoms with Crippen LogP contribution in [0.25, 0.3) is 0 Å². The number of hydrogen-bond donors (Lipinski definition) is 1. The van der Waals surface area contributed by atoms with E-state index >= 15 is 0 Å². The fraction of sp³-hybridized carbons (Fsp3) is 0.588. The van der Waals surface area contributed by atoms with E-state index in [2.05, 4.69) is 15.1 Å². The zero-order chi connectivity index (χ0) is 18.2. The quantitative estimate of drug-likeness (QED) is 0.789. The minimum atomic E-state index is -3.15. The molecule has 0 unspecified atom stereocenters. The summed E-state index contributed by atoms with van der Waals surface area (Å²) in [4.78, 5) is 16.5. The van der Waals surface area contributed by atoms with Gasteiger partial charge in [0.15, 0.2) is 9.84 Å². The molecule has 1 aromatic carbocycles. The summed E-state index contributed by atoms with van der Waals surface area (Å²) in [5, 5.41) is 2.67. The number of carbonyl (C=O) groups excluding carboxylic acids is 1. The Balaban J connectivity index is 1.54. The van der Waals surface area contributed by atoms with E-state index in [4.69, 9.17) is 4.74 Å². The number of likely N-dealkylation sites (N-methyl/N-ethyl adjacent to an activating group) is 2. The summed E-state index contributed by atoms with van der Waals surface area (Å²) >= 11 is 0. The van der Waals surface area contributed by atoms with E-state index in [1.165, 1.54) is 6.26 Å². The van der Waals surface area contributed by atoms with Crippen molar-refractivity contribution in [2.75, 3.05) is 46.6 Å². The van der Waals surface area contributed by atoms with E-state index in [0.29, 0.717) is 11.5 Å². The standard InChI is InChI=1S/C17H25N3O4S/c1-18-16(21)15-9-24-17(10-19(15)2)11-20(12-17)8-13-4-6-14(7-5-13)25(3,22)23/h4-7,15H,8-12H2,1-3H3,(H,18,21)/t15-/m1/s1. The van der Waals surface area contributed by atoms with Gasteiger partial charge in [-0.25, -0.2) is 8.42 Å². The molecule has 1 N–H and O–H groups in total. The van der Waals surface area contributed by atoms with E-state index in [0.717, 1.165) is 31.7 Å². The number of sulfone groups is 1. The smallest absolute Gasteiger partial charge is 0.239 e.